The predicted molar refractivity (Wildman–Crippen MR) is 117 cm³/mol. The summed E-state index contributed by atoms with van der Waals surface area (Å²) in [4.78, 5) is 22.4. The number of hydrogen-bond donors (Lipinski definition) is 2. The molecule has 0 aliphatic carbocycles. The summed E-state index contributed by atoms with van der Waals surface area (Å²) in [6, 6.07) is 11.6. The van der Waals surface area contributed by atoms with Crippen LogP contribution in [0.5, 0.6) is 0 Å². The van der Waals surface area contributed by atoms with Gasteiger partial charge in [-0.2, -0.15) is 5.10 Å². The summed E-state index contributed by atoms with van der Waals surface area (Å²) in [6.07, 6.45) is 3.07. The van der Waals surface area contributed by atoms with E-state index in [2.05, 4.69) is 15.5 Å². The molecule has 7 nitrogen and oxygen atoms in total. The second-order valence-corrected chi connectivity index (χ2v) is 8.51. The van der Waals surface area contributed by atoms with E-state index < -0.39 is 0 Å². The Kier molecular flexibility index (Phi) is 5.07. The molecule has 0 aliphatic heterocycles. The van der Waals surface area contributed by atoms with Crippen molar-refractivity contribution < 1.29 is 0 Å². The molecule has 0 bridgehead atoms. The van der Waals surface area contributed by atoms with E-state index in [1.165, 1.54) is 22.4 Å². The number of pyridine rings is 1. The lowest BCUT2D eigenvalue weighted by Gasteiger charge is -2.08. The average molecular weight is 427 g/mol. The van der Waals surface area contributed by atoms with E-state index in [-0.39, 0.29) is 10.7 Å². The first-order valence-electron chi connectivity index (χ1n) is 8.17. The number of rotatable bonds is 4. The molecule has 10 heteroatoms. The van der Waals surface area contributed by atoms with Crippen LogP contribution >= 0.6 is 35.3 Å². The maximum Gasteiger partial charge on any atom is 0.267 e. The molecule has 4 aromatic rings. The van der Waals surface area contributed by atoms with Gasteiger partial charge in [-0.15, -0.1) is 11.3 Å². The lowest BCUT2D eigenvalue weighted by Crippen LogP contribution is -2.26. The summed E-state index contributed by atoms with van der Waals surface area (Å²) in [7, 11) is 0. The first-order valence-corrected chi connectivity index (χ1v) is 10.2. The van der Waals surface area contributed by atoms with Crippen molar-refractivity contribution in [3.8, 4) is 0 Å². The third kappa shape index (κ3) is 3.61. The Hall–Kier alpha value is -2.82. The smallest absolute Gasteiger partial charge is 0.267 e. The average Bonchev–Trinajstić information content (AvgIpc) is 3.07. The Morgan fingerprint density at radius 1 is 1.32 bits per heavy atom. The first-order chi connectivity index (χ1) is 13.5. The van der Waals surface area contributed by atoms with Crippen molar-refractivity contribution in [1.82, 2.24) is 19.8 Å². The largest absolute Gasteiger partial charge is 0.375 e. The van der Waals surface area contributed by atoms with Crippen molar-refractivity contribution in [2.45, 2.75) is 16.3 Å². The van der Waals surface area contributed by atoms with Crippen molar-refractivity contribution in [3.63, 3.8) is 0 Å². The second-order valence-electron chi connectivity index (χ2n) is 5.80. The van der Waals surface area contributed by atoms with E-state index >= 15 is 0 Å². The number of aryl methyl sites for hydroxylation is 1. The lowest BCUT2D eigenvalue weighted by molar-refractivity contribution is 0.961. The number of thiocarbonyl (C=S) groups is 1. The highest BCUT2D eigenvalue weighted by atomic mass is 32.2. The van der Waals surface area contributed by atoms with Crippen molar-refractivity contribution in [2.24, 2.45) is 10.8 Å². The fourth-order valence-electron chi connectivity index (χ4n) is 2.62. The van der Waals surface area contributed by atoms with Gasteiger partial charge >= 0.3 is 0 Å². The van der Waals surface area contributed by atoms with Gasteiger partial charge in [0.25, 0.3) is 5.56 Å². The zero-order valence-corrected chi connectivity index (χ0v) is 17.1. The molecule has 0 saturated carbocycles. The van der Waals surface area contributed by atoms with E-state index in [1.807, 2.05) is 37.3 Å². The summed E-state index contributed by atoms with van der Waals surface area (Å²) in [5, 5.41) is 4.49. The number of thiazole rings is 1. The van der Waals surface area contributed by atoms with Gasteiger partial charge in [-0.25, -0.2) is 9.97 Å². The molecule has 0 atom stereocenters. The molecule has 3 N–H and O–H groups in total. The lowest BCUT2D eigenvalue weighted by atomic mass is 10.3. The zero-order chi connectivity index (χ0) is 19.7. The van der Waals surface area contributed by atoms with Crippen LogP contribution in [0, 0.1) is 6.92 Å². The molecular weight excluding hydrogens is 412 g/mol. The number of hydrazone groups is 1. The number of fused-ring (bicyclic) bond motifs is 2. The highest BCUT2D eigenvalue weighted by molar-refractivity contribution is 8.01. The van der Waals surface area contributed by atoms with E-state index in [4.69, 9.17) is 22.9 Å². The molecule has 0 unspecified atom stereocenters. The van der Waals surface area contributed by atoms with E-state index in [0.717, 1.165) is 20.1 Å². The van der Waals surface area contributed by atoms with Crippen molar-refractivity contribution in [3.05, 3.63) is 64.1 Å². The Morgan fingerprint density at radius 3 is 2.93 bits per heavy atom. The van der Waals surface area contributed by atoms with E-state index in [9.17, 15) is 4.79 Å². The van der Waals surface area contributed by atoms with Gasteiger partial charge < -0.3 is 5.73 Å². The number of nitrogens with one attached hydrogen (secondary N) is 1. The molecule has 0 fully saturated rings. The quantitative estimate of drug-likeness (QED) is 0.224. The van der Waals surface area contributed by atoms with Crippen LogP contribution in [0.1, 0.15) is 11.1 Å². The van der Waals surface area contributed by atoms with Crippen LogP contribution in [0.15, 0.2) is 61.9 Å². The summed E-state index contributed by atoms with van der Waals surface area (Å²) in [6.45, 7) is 1.91. The standard InChI is InChI=1S/C18H14N6OS3/c1-10-5-4-8-24-14(10)22-15(11(16(24)25)9-20-23-17(19)26)28-18-21-12-6-2-3-7-13(12)27-18/h2-9H,1H3,(H3,19,23,26)/b20-9+. The number of nitrogens with two attached hydrogens (primary N) is 1. The molecule has 4 rings (SSSR count). The molecule has 0 spiro atoms. The summed E-state index contributed by atoms with van der Waals surface area (Å²) >= 11 is 7.64. The van der Waals surface area contributed by atoms with Crippen LogP contribution in [0.2, 0.25) is 0 Å². The Morgan fingerprint density at radius 2 is 2.14 bits per heavy atom. The molecule has 1 aromatic carbocycles. The van der Waals surface area contributed by atoms with Gasteiger partial charge in [0.05, 0.1) is 22.0 Å². The summed E-state index contributed by atoms with van der Waals surface area (Å²) in [5.74, 6) is 0. The predicted octanol–water partition coefficient (Wildman–Crippen LogP) is 2.93. The van der Waals surface area contributed by atoms with Gasteiger partial charge in [0.1, 0.15) is 10.7 Å². The highest BCUT2D eigenvalue weighted by Crippen LogP contribution is 2.34. The zero-order valence-electron chi connectivity index (χ0n) is 14.6. The summed E-state index contributed by atoms with van der Waals surface area (Å²) in [5.41, 5.74) is 10.4. The highest BCUT2D eigenvalue weighted by Gasteiger charge is 2.16. The van der Waals surface area contributed by atoms with Crippen LogP contribution < -0.4 is 16.7 Å². The number of para-hydroxylation sites is 1. The second kappa shape index (κ2) is 7.66. The normalized spacial score (nSPS) is 11.5. The molecule has 140 valence electrons. The molecular formula is C18H14N6OS3. The van der Waals surface area contributed by atoms with Crippen molar-refractivity contribution >= 4 is 62.5 Å². The molecule has 0 saturated heterocycles. The fourth-order valence-corrected chi connectivity index (χ4v) is 4.73. The molecule has 0 radical (unpaired) electrons. The number of aromatic nitrogens is 3. The topological polar surface area (TPSA) is 97.7 Å². The maximum absolute atomic E-state index is 13.0. The van der Waals surface area contributed by atoms with Gasteiger partial charge in [0.15, 0.2) is 9.45 Å². The Labute approximate surface area is 173 Å². The minimum Gasteiger partial charge on any atom is -0.375 e. The van der Waals surface area contributed by atoms with Gasteiger partial charge in [-0.1, -0.05) is 18.2 Å². The molecule has 0 aliphatic rings. The SMILES string of the molecule is Cc1cccn2c(=O)c(/C=N/NC(N)=S)c(Sc3nc4ccccc4s3)nc12. The van der Waals surface area contributed by atoms with Crippen LogP contribution in [-0.4, -0.2) is 25.7 Å². The van der Waals surface area contributed by atoms with Gasteiger partial charge in [-0.3, -0.25) is 14.6 Å². The minimum atomic E-state index is -0.231. The summed E-state index contributed by atoms with van der Waals surface area (Å²) < 4.78 is 3.37. The monoisotopic (exact) mass is 426 g/mol. The van der Waals surface area contributed by atoms with Crippen molar-refractivity contribution in [1.29, 1.82) is 0 Å². The first kappa shape index (κ1) is 18.5. The third-order valence-electron chi connectivity index (χ3n) is 3.88. The third-order valence-corrected chi connectivity index (χ3v) is 6.07. The molecule has 3 heterocycles. The van der Waals surface area contributed by atoms with Gasteiger partial charge in [0.2, 0.25) is 0 Å². The number of benzene rings is 1. The minimum absolute atomic E-state index is 0.0151. The van der Waals surface area contributed by atoms with E-state index in [1.54, 1.807) is 23.6 Å². The van der Waals surface area contributed by atoms with Gasteiger partial charge in [0, 0.05) is 6.20 Å². The maximum atomic E-state index is 13.0. The van der Waals surface area contributed by atoms with Gasteiger partial charge in [-0.05, 0) is 54.7 Å². The van der Waals surface area contributed by atoms with Crippen LogP contribution in [0.4, 0.5) is 0 Å². The Balaban J connectivity index is 1.86. The van der Waals surface area contributed by atoms with Crippen molar-refractivity contribution in [2.75, 3.05) is 0 Å². The number of nitrogens with zero attached hydrogens (tertiary/aromatic N) is 4. The molecule has 28 heavy (non-hydrogen) atoms. The molecule has 0 amide bonds. The van der Waals surface area contributed by atoms with E-state index in [0.29, 0.717) is 16.2 Å². The van der Waals surface area contributed by atoms with Crippen LogP contribution in [0.3, 0.4) is 0 Å². The fraction of sp³-hybridized carbons (Fsp3) is 0.0556. The Bertz CT molecular complexity index is 1260. The van der Waals surface area contributed by atoms with Crippen LogP contribution in [0.25, 0.3) is 15.9 Å². The molecule has 3 aromatic heterocycles. The number of hydrogen-bond acceptors (Lipinski definition) is 7. The van der Waals surface area contributed by atoms with Crippen LogP contribution in [-0.2, 0) is 0 Å².